The number of rotatable bonds is 4. The standard InChI is InChI=1S/C10H20N2/c11-10(9-3-4-9)5-8-12-6-1-2-7-12/h9-10H,1-8,11H2. The van der Waals surface area contributed by atoms with Crippen LogP contribution in [-0.4, -0.2) is 30.6 Å². The molecule has 1 saturated heterocycles. The minimum Gasteiger partial charge on any atom is -0.327 e. The second-order valence-electron chi connectivity index (χ2n) is 4.34. The first-order chi connectivity index (χ1) is 5.86. The highest BCUT2D eigenvalue weighted by molar-refractivity contribution is 4.84. The molecule has 0 amide bonds. The van der Waals surface area contributed by atoms with Crippen molar-refractivity contribution in [3.05, 3.63) is 0 Å². The first kappa shape index (κ1) is 8.52. The van der Waals surface area contributed by atoms with Crippen LogP contribution in [0.1, 0.15) is 32.1 Å². The molecule has 1 aliphatic heterocycles. The summed E-state index contributed by atoms with van der Waals surface area (Å²) in [6.07, 6.45) is 6.81. The lowest BCUT2D eigenvalue weighted by Gasteiger charge is -2.17. The fourth-order valence-corrected chi connectivity index (χ4v) is 2.10. The van der Waals surface area contributed by atoms with Crippen molar-refractivity contribution in [1.82, 2.24) is 4.90 Å². The molecule has 0 radical (unpaired) electrons. The molecule has 1 unspecified atom stereocenters. The van der Waals surface area contributed by atoms with Gasteiger partial charge in [0.2, 0.25) is 0 Å². The molecule has 2 aliphatic rings. The Kier molecular flexibility index (Phi) is 2.66. The lowest BCUT2D eigenvalue weighted by atomic mass is 10.1. The van der Waals surface area contributed by atoms with Crippen molar-refractivity contribution < 1.29 is 0 Å². The molecule has 2 rings (SSSR count). The third-order valence-electron chi connectivity index (χ3n) is 3.20. The number of nitrogens with zero attached hydrogens (tertiary/aromatic N) is 1. The Labute approximate surface area is 75.1 Å². The van der Waals surface area contributed by atoms with Crippen LogP contribution in [0, 0.1) is 5.92 Å². The summed E-state index contributed by atoms with van der Waals surface area (Å²) >= 11 is 0. The van der Waals surface area contributed by atoms with Crippen molar-refractivity contribution >= 4 is 0 Å². The molecule has 0 aromatic rings. The van der Waals surface area contributed by atoms with Gasteiger partial charge in [0.25, 0.3) is 0 Å². The first-order valence-electron chi connectivity index (χ1n) is 5.34. The van der Waals surface area contributed by atoms with Crippen molar-refractivity contribution in [2.75, 3.05) is 19.6 Å². The van der Waals surface area contributed by atoms with E-state index in [1.807, 2.05) is 0 Å². The summed E-state index contributed by atoms with van der Waals surface area (Å²) in [6, 6.07) is 0.505. The maximum absolute atomic E-state index is 6.03. The molecule has 2 heteroatoms. The van der Waals surface area contributed by atoms with E-state index in [-0.39, 0.29) is 0 Å². The zero-order valence-corrected chi connectivity index (χ0v) is 7.84. The van der Waals surface area contributed by atoms with E-state index in [4.69, 9.17) is 5.73 Å². The Morgan fingerprint density at radius 1 is 1.25 bits per heavy atom. The van der Waals surface area contributed by atoms with Gasteiger partial charge in [0.15, 0.2) is 0 Å². The van der Waals surface area contributed by atoms with Gasteiger partial charge in [-0.1, -0.05) is 0 Å². The summed E-state index contributed by atoms with van der Waals surface area (Å²) in [5, 5.41) is 0. The molecule has 12 heavy (non-hydrogen) atoms. The van der Waals surface area contributed by atoms with Crippen molar-refractivity contribution in [2.45, 2.75) is 38.1 Å². The quantitative estimate of drug-likeness (QED) is 0.683. The molecule has 0 bridgehead atoms. The molecular formula is C10H20N2. The predicted octanol–water partition coefficient (Wildman–Crippen LogP) is 1.21. The molecule has 1 atom stereocenters. The Bertz CT molecular complexity index is 135. The third-order valence-corrected chi connectivity index (χ3v) is 3.20. The van der Waals surface area contributed by atoms with Crippen molar-refractivity contribution in [1.29, 1.82) is 0 Å². The van der Waals surface area contributed by atoms with Crippen LogP contribution in [0.4, 0.5) is 0 Å². The fraction of sp³-hybridized carbons (Fsp3) is 1.00. The summed E-state index contributed by atoms with van der Waals surface area (Å²) < 4.78 is 0. The summed E-state index contributed by atoms with van der Waals surface area (Å²) in [6.45, 7) is 3.88. The summed E-state index contributed by atoms with van der Waals surface area (Å²) in [5.74, 6) is 0.882. The van der Waals surface area contributed by atoms with Crippen LogP contribution in [0.15, 0.2) is 0 Å². The fourth-order valence-electron chi connectivity index (χ4n) is 2.10. The normalized spacial score (nSPS) is 27.8. The van der Waals surface area contributed by atoms with Gasteiger partial charge in [-0.3, -0.25) is 0 Å². The van der Waals surface area contributed by atoms with E-state index >= 15 is 0 Å². The number of likely N-dealkylation sites (tertiary alicyclic amines) is 1. The van der Waals surface area contributed by atoms with Gasteiger partial charge in [0, 0.05) is 6.04 Å². The van der Waals surface area contributed by atoms with E-state index in [1.165, 1.54) is 51.7 Å². The zero-order chi connectivity index (χ0) is 8.39. The van der Waals surface area contributed by atoms with Gasteiger partial charge < -0.3 is 10.6 Å². The van der Waals surface area contributed by atoms with E-state index < -0.39 is 0 Å². The topological polar surface area (TPSA) is 29.3 Å². The van der Waals surface area contributed by atoms with Gasteiger partial charge in [-0.2, -0.15) is 0 Å². The highest BCUT2D eigenvalue weighted by Crippen LogP contribution is 2.32. The smallest absolute Gasteiger partial charge is 0.00793 e. The van der Waals surface area contributed by atoms with Crippen molar-refractivity contribution in [2.24, 2.45) is 11.7 Å². The van der Waals surface area contributed by atoms with E-state index in [0.29, 0.717) is 6.04 Å². The SMILES string of the molecule is NC(CCN1CCCC1)C1CC1. The second-order valence-corrected chi connectivity index (χ2v) is 4.34. The Hall–Kier alpha value is -0.0800. The molecule has 0 spiro atoms. The molecule has 2 N–H and O–H groups in total. The van der Waals surface area contributed by atoms with Crippen molar-refractivity contribution in [3.8, 4) is 0 Å². The first-order valence-corrected chi connectivity index (χ1v) is 5.34. The van der Waals surface area contributed by atoms with Gasteiger partial charge in [-0.05, 0) is 57.7 Å². The molecule has 1 heterocycles. The van der Waals surface area contributed by atoms with Crippen LogP contribution in [0.2, 0.25) is 0 Å². The number of nitrogens with two attached hydrogens (primary N) is 1. The van der Waals surface area contributed by atoms with Gasteiger partial charge in [-0.25, -0.2) is 0 Å². The van der Waals surface area contributed by atoms with E-state index in [0.717, 1.165) is 5.92 Å². The highest BCUT2D eigenvalue weighted by atomic mass is 15.1. The summed E-state index contributed by atoms with van der Waals surface area (Å²) in [5.41, 5.74) is 6.03. The zero-order valence-electron chi connectivity index (χ0n) is 7.84. The second kappa shape index (κ2) is 3.75. The monoisotopic (exact) mass is 168 g/mol. The van der Waals surface area contributed by atoms with Crippen LogP contribution in [-0.2, 0) is 0 Å². The highest BCUT2D eigenvalue weighted by Gasteiger charge is 2.28. The maximum atomic E-state index is 6.03. The molecule has 0 aromatic carbocycles. The largest absolute Gasteiger partial charge is 0.327 e. The Morgan fingerprint density at radius 3 is 2.50 bits per heavy atom. The molecule has 0 aromatic heterocycles. The lowest BCUT2D eigenvalue weighted by molar-refractivity contribution is 0.315. The van der Waals surface area contributed by atoms with Crippen LogP contribution in [0.5, 0.6) is 0 Å². The molecule has 2 nitrogen and oxygen atoms in total. The average molecular weight is 168 g/mol. The van der Waals surface area contributed by atoms with Crippen molar-refractivity contribution in [3.63, 3.8) is 0 Å². The van der Waals surface area contributed by atoms with Crippen LogP contribution in [0.25, 0.3) is 0 Å². The molecule has 1 aliphatic carbocycles. The van der Waals surface area contributed by atoms with Gasteiger partial charge in [0.1, 0.15) is 0 Å². The molecule has 70 valence electrons. The average Bonchev–Trinajstić information content (AvgIpc) is 2.80. The van der Waals surface area contributed by atoms with Crippen LogP contribution >= 0.6 is 0 Å². The summed E-state index contributed by atoms with van der Waals surface area (Å²) in [7, 11) is 0. The summed E-state index contributed by atoms with van der Waals surface area (Å²) in [4.78, 5) is 2.56. The maximum Gasteiger partial charge on any atom is 0.00793 e. The predicted molar refractivity (Wildman–Crippen MR) is 51.0 cm³/mol. The number of hydrogen-bond donors (Lipinski definition) is 1. The van der Waals surface area contributed by atoms with E-state index in [1.54, 1.807) is 0 Å². The van der Waals surface area contributed by atoms with Crippen LogP contribution < -0.4 is 5.73 Å². The van der Waals surface area contributed by atoms with Crippen LogP contribution in [0.3, 0.4) is 0 Å². The molecule has 1 saturated carbocycles. The van der Waals surface area contributed by atoms with E-state index in [9.17, 15) is 0 Å². The van der Waals surface area contributed by atoms with Gasteiger partial charge in [-0.15, -0.1) is 0 Å². The van der Waals surface area contributed by atoms with Gasteiger partial charge >= 0.3 is 0 Å². The minimum atomic E-state index is 0.505. The Balaban J connectivity index is 1.60. The Morgan fingerprint density at radius 2 is 1.92 bits per heavy atom. The number of hydrogen-bond acceptors (Lipinski definition) is 2. The minimum absolute atomic E-state index is 0.505. The third kappa shape index (κ3) is 2.20. The molecule has 2 fully saturated rings. The lowest BCUT2D eigenvalue weighted by Crippen LogP contribution is -2.30. The van der Waals surface area contributed by atoms with E-state index in [2.05, 4.69) is 4.90 Å². The van der Waals surface area contributed by atoms with Gasteiger partial charge in [0.05, 0.1) is 0 Å². The molecular weight excluding hydrogens is 148 g/mol.